The van der Waals surface area contributed by atoms with Crippen molar-refractivity contribution in [2.75, 3.05) is 6.61 Å². The number of rotatable bonds is 5. The molecule has 0 aromatic carbocycles. The third kappa shape index (κ3) is 4.41. The fraction of sp³-hybridized carbons (Fsp3) is 0.467. The number of H-pyrrole nitrogens is 1. The van der Waals surface area contributed by atoms with E-state index in [2.05, 4.69) is 15.1 Å². The maximum atomic E-state index is 12.5. The molecule has 0 bridgehead atoms. The van der Waals surface area contributed by atoms with Gasteiger partial charge < -0.3 is 4.74 Å². The molecular weight excluding hydrogens is 320 g/mol. The van der Waals surface area contributed by atoms with Crippen LogP contribution in [-0.2, 0) is 16.0 Å². The molecule has 1 N–H and O–H groups in total. The number of hydrogen-bond acceptors (Lipinski definition) is 5. The predicted octanol–water partition coefficient (Wildman–Crippen LogP) is 1.80. The number of hydrogen-bond donors (Lipinski definition) is 1. The van der Waals surface area contributed by atoms with E-state index in [-0.39, 0.29) is 30.4 Å². The Morgan fingerprint density at radius 3 is 2.43 bits per heavy atom. The van der Waals surface area contributed by atoms with Crippen molar-refractivity contribution < 1.29 is 9.53 Å². The highest BCUT2D eigenvalue weighted by Crippen LogP contribution is 2.08. The van der Waals surface area contributed by atoms with Crippen LogP contribution in [0, 0.1) is 20.8 Å². The number of carbonyl (C=O) groups excluding carboxylic acids is 1. The maximum absolute atomic E-state index is 12.5. The van der Waals surface area contributed by atoms with E-state index in [0.29, 0.717) is 30.2 Å². The minimum absolute atomic E-state index is 0. The van der Waals surface area contributed by atoms with Gasteiger partial charge in [0, 0.05) is 29.1 Å². The molecule has 0 fully saturated rings. The Hall–Kier alpha value is -2.15. The lowest BCUT2D eigenvalue weighted by molar-refractivity contribution is -0.143. The van der Waals surface area contributed by atoms with Crippen molar-refractivity contribution in [3.05, 3.63) is 39.1 Å². The number of nitrogens with one attached hydrogen (secondary N) is 1. The molecule has 2 aromatic rings. The standard InChI is InChI=1S/C15H20N4O3.ClH/c1-5-22-13(20)7-6-12-11(4)18-19(14(12)21)15-16-9(2)8-10(3)17-15;/h8,18H,5-7H2,1-4H3;1H. The summed E-state index contributed by atoms with van der Waals surface area (Å²) in [6.45, 7) is 7.58. The molecule has 0 spiro atoms. The van der Waals surface area contributed by atoms with Crippen LogP contribution in [0.25, 0.3) is 5.95 Å². The first-order valence-electron chi connectivity index (χ1n) is 7.21. The van der Waals surface area contributed by atoms with Gasteiger partial charge in [-0.15, -0.1) is 12.4 Å². The molecule has 0 aliphatic carbocycles. The lowest BCUT2D eigenvalue weighted by Gasteiger charge is -2.02. The normalized spacial score (nSPS) is 10.3. The van der Waals surface area contributed by atoms with E-state index in [9.17, 15) is 9.59 Å². The van der Waals surface area contributed by atoms with Crippen molar-refractivity contribution in [1.82, 2.24) is 19.7 Å². The Bertz CT molecular complexity index is 731. The molecule has 0 saturated heterocycles. The minimum atomic E-state index is -0.309. The highest BCUT2D eigenvalue weighted by atomic mass is 35.5. The van der Waals surface area contributed by atoms with Gasteiger partial charge in [0.15, 0.2) is 0 Å². The first-order chi connectivity index (χ1) is 10.4. The Kier molecular flexibility index (Phi) is 6.50. The largest absolute Gasteiger partial charge is 0.466 e. The molecule has 2 rings (SSSR count). The van der Waals surface area contributed by atoms with E-state index in [1.807, 2.05) is 19.9 Å². The summed E-state index contributed by atoms with van der Waals surface area (Å²) in [6, 6.07) is 1.84. The molecule has 0 aliphatic rings. The van der Waals surface area contributed by atoms with Gasteiger partial charge in [0.2, 0.25) is 0 Å². The van der Waals surface area contributed by atoms with E-state index >= 15 is 0 Å². The number of halogens is 1. The zero-order chi connectivity index (χ0) is 16.3. The molecule has 0 amide bonds. The van der Waals surface area contributed by atoms with E-state index in [1.54, 1.807) is 13.8 Å². The summed E-state index contributed by atoms with van der Waals surface area (Å²) in [5.74, 6) is 0.00434. The average Bonchev–Trinajstić information content (AvgIpc) is 2.71. The SMILES string of the molecule is CCOC(=O)CCc1c(C)[nH]n(-c2nc(C)cc(C)n2)c1=O.Cl. The topological polar surface area (TPSA) is 89.9 Å². The Labute approximate surface area is 140 Å². The molecular formula is C15H21ClN4O3. The smallest absolute Gasteiger partial charge is 0.306 e. The van der Waals surface area contributed by atoms with Crippen LogP contribution in [0.1, 0.15) is 36.0 Å². The molecule has 8 heteroatoms. The van der Waals surface area contributed by atoms with E-state index in [1.165, 1.54) is 4.68 Å². The van der Waals surface area contributed by atoms with Crippen molar-refractivity contribution >= 4 is 18.4 Å². The second kappa shape index (κ2) is 7.92. The first-order valence-corrected chi connectivity index (χ1v) is 7.21. The number of aryl methyl sites for hydroxylation is 3. The molecule has 126 valence electrons. The predicted molar refractivity (Wildman–Crippen MR) is 88.4 cm³/mol. The maximum Gasteiger partial charge on any atom is 0.306 e. The summed E-state index contributed by atoms with van der Waals surface area (Å²) in [7, 11) is 0. The van der Waals surface area contributed by atoms with Crippen LogP contribution in [0.4, 0.5) is 0 Å². The van der Waals surface area contributed by atoms with Gasteiger partial charge in [0.1, 0.15) is 0 Å². The van der Waals surface area contributed by atoms with Gasteiger partial charge in [-0.05, 0) is 40.2 Å². The van der Waals surface area contributed by atoms with Crippen molar-refractivity contribution in [1.29, 1.82) is 0 Å². The highest BCUT2D eigenvalue weighted by molar-refractivity contribution is 5.85. The van der Waals surface area contributed by atoms with Crippen molar-refractivity contribution in [2.24, 2.45) is 0 Å². The van der Waals surface area contributed by atoms with Crippen molar-refractivity contribution in [3.63, 3.8) is 0 Å². The van der Waals surface area contributed by atoms with E-state index in [0.717, 1.165) is 11.4 Å². The van der Waals surface area contributed by atoms with Crippen molar-refractivity contribution in [2.45, 2.75) is 40.5 Å². The Morgan fingerprint density at radius 1 is 1.26 bits per heavy atom. The number of aromatic nitrogens is 4. The molecule has 2 heterocycles. The van der Waals surface area contributed by atoms with Gasteiger partial charge in [-0.25, -0.2) is 9.97 Å². The number of esters is 1. The van der Waals surface area contributed by atoms with Crippen LogP contribution in [0.15, 0.2) is 10.9 Å². The van der Waals surface area contributed by atoms with Gasteiger partial charge in [-0.2, -0.15) is 4.68 Å². The highest BCUT2D eigenvalue weighted by Gasteiger charge is 2.16. The van der Waals surface area contributed by atoms with Crippen LogP contribution >= 0.6 is 12.4 Å². The Morgan fingerprint density at radius 2 is 1.87 bits per heavy atom. The average molecular weight is 341 g/mol. The monoisotopic (exact) mass is 340 g/mol. The fourth-order valence-corrected chi connectivity index (χ4v) is 2.28. The van der Waals surface area contributed by atoms with Crippen LogP contribution < -0.4 is 5.56 Å². The lowest BCUT2D eigenvalue weighted by atomic mass is 10.1. The van der Waals surface area contributed by atoms with Crippen molar-refractivity contribution in [3.8, 4) is 5.95 Å². The summed E-state index contributed by atoms with van der Waals surface area (Å²) in [4.78, 5) is 32.5. The quantitative estimate of drug-likeness (QED) is 0.838. The molecule has 7 nitrogen and oxygen atoms in total. The van der Waals surface area contributed by atoms with Crippen LogP contribution in [0.3, 0.4) is 0 Å². The van der Waals surface area contributed by atoms with E-state index < -0.39 is 0 Å². The van der Waals surface area contributed by atoms with Gasteiger partial charge in [0.25, 0.3) is 11.5 Å². The Balaban J connectivity index is 0.00000264. The first kappa shape index (κ1) is 18.9. The summed E-state index contributed by atoms with van der Waals surface area (Å²) in [6.07, 6.45) is 0.507. The summed E-state index contributed by atoms with van der Waals surface area (Å²) in [5.41, 5.74) is 2.60. The molecule has 0 atom stereocenters. The fourth-order valence-electron chi connectivity index (χ4n) is 2.28. The number of carbonyl (C=O) groups is 1. The second-order valence-corrected chi connectivity index (χ2v) is 5.11. The second-order valence-electron chi connectivity index (χ2n) is 5.11. The zero-order valence-electron chi connectivity index (χ0n) is 13.7. The van der Waals surface area contributed by atoms with Gasteiger partial charge in [-0.1, -0.05) is 0 Å². The molecule has 23 heavy (non-hydrogen) atoms. The molecule has 0 aliphatic heterocycles. The third-order valence-corrected chi connectivity index (χ3v) is 3.25. The van der Waals surface area contributed by atoms with Gasteiger partial charge in [0.05, 0.1) is 6.61 Å². The van der Waals surface area contributed by atoms with Crippen LogP contribution in [-0.4, -0.2) is 32.3 Å². The van der Waals surface area contributed by atoms with Crippen LogP contribution in [0.5, 0.6) is 0 Å². The number of aromatic amines is 1. The van der Waals surface area contributed by atoms with Gasteiger partial charge >= 0.3 is 5.97 Å². The third-order valence-electron chi connectivity index (χ3n) is 3.25. The number of nitrogens with zero attached hydrogens (tertiary/aromatic N) is 3. The van der Waals surface area contributed by atoms with Gasteiger partial charge in [-0.3, -0.25) is 14.7 Å². The van der Waals surface area contributed by atoms with Crippen LogP contribution in [0.2, 0.25) is 0 Å². The summed E-state index contributed by atoms with van der Waals surface area (Å²) < 4.78 is 6.20. The van der Waals surface area contributed by atoms with E-state index in [4.69, 9.17) is 4.74 Å². The molecule has 2 aromatic heterocycles. The summed E-state index contributed by atoms with van der Waals surface area (Å²) >= 11 is 0. The molecule has 0 saturated carbocycles. The minimum Gasteiger partial charge on any atom is -0.466 e. The molecule has 0 radical (unpaired) electrons. The lowest BCUT2D eigenvalue weighted by Crippen LogP contribution is -2.21. The zero-order valence-corrected chi connectivity index (χ0v) is 14.5. The molecule has 0 unspecified atom stereocenters. The number of ether oxygens (including phenoxy) is 1. The summed E-state index contributed by atoms with van der Waals surface area (Å²) in [5, 5.41) is 2.97.